The summed E-state index contributed by atoms with van der Waals surface area (Å²) < 4.78 is 0. The Morgan fingerprint density at radius 3 is 1.93 bits per heavy atom. The molecule has 0 amide bonds. The van der Waals surface area contributed by atoms with Gasteiger partial charge >= 0.3 is 5.97 Å². The molecule has 6 nitrogen and oxygen atoms in total. The second kappa shape index (κ2) is 11.5. The lowest BCUT2D eigenvalue weighted by atomic mass is 10.1. The van der Waals surface area contributed by atoms with Gasteiger partial charge in [-0.25, -0.2) is 4.79 Å². The van der Waals surface area contributed by atoms with Crippen molar-refractivity contribution in [2.75, 3.05) is 0 Å². The molecular formula is C24H25NO5. The number of hydrogen-bond acceptors (Lipinski definition) is 5. The van der Waals surface area contributed by atoms with Gasteiger partial charge in [0.25, 0.3) is 0 Å². The number of carbonyl (C=O) groups excluding carboxylic acids is 1. The van der Waals surface area contributed by atoms with Crippen molar-refractivity contribution < 1.29 is 24.9 Å². The quantitative estimate of drug-likeness (QED) is 0.446. The number of aromatic hydroxyl groups is 1. The summed E-state index contributed by atoms with van der Waals surface area (Å²) >= 11 is 0. The van der Waals surface area contributed by atoms with E-state index in [1.165, 1.54) is 12.1 Å². The third-order valence-corrected chi connectivity index (χ3v) is 4.35. The first-order chi connectivity index (χ1) is 14.4. The molecule has 156 valence electrons. The van der Waals surface area contributed by atoms with Gasteiger partial charge in [0.1, 0.15) is 5.75 Å². The number of benzene rings is 3. The van der Waals surface area contributed by atoms with Gasteiger partial charge in [0, 0.05) is 12.1 Å². The first kappa shape index (κ1) is 22.8. The van der Waals surface area contributed by atoms with Crippen LogP contribution in [0, 0.1) is 0 Å². The highest BCUT2D eigenvalue weighted by Crippen LogP contribution is 2.12. The first-order valence-electron chi connectivity index (χ1n) is 9.45. The van der Waals surface area contributed by atoms with Gasteiger partial charge in [0.05, 0.1) is 6.04 Å². The number of hydrogen-bond donors (Lipinski definition) is 4. The van der Waals surface area contributed by atoms with Crippen molar-refractivity contribution in [3.8, 4) is 5.75 Å². The Bertz CT molecular complexity index is 927. The van der Waals surface area contributed by atoms with E-state index in [0.29, 0.717) is 17.7 Å². The van der Waals surface area contributed by atoms with Crippen molar-refractivity contribution in [3.05, 3.63) is 102 Å². The van der Waals surface area contributed by atoms with Crippen LogP contribution in [0.3, 0.4) is 0 Å². The third kappa shape index (κ3) is 7.16. The first-order valence-corrected chi connectivity index (χ1v) is 9.45. The van der Waals surface area contributed by atoms with E-state index in [1.54, 1.807) is 42.5 Å². The van der Waals surface area contributed by atoms with Crippen LogP contribution in [0.2, 0.25) is 0 Å². The van der Waals surface area contributed by atoms with Crippen molar-refractivity contribution >= 4 is 11.8 Å². The molecule has 30 heavy (non-hydrogen) atoms. The van der Waals surface area contributed by atoms with Gasteiger partial charge in [-0.3, -0.25) is 4.79 Å². The molecule has 0 bridgehead atoms. The van der Waals surface area contributed by atoms with E-state index in [1.807, 2.05) is 37.3 Å². The molecule has 0 aliphatic carbocycles. The van der Waals surface area contributed by atoms with Crippen LogP contribution in [0.25, 0.3) is 0 Å². The van der Waals surface area contributed by atoms with E-state index in [-0.39, 0.29) is 17.6 Å². The number of carboxylic acids is 1. The van der Waals surface area contributed by atoms with E-state index in [4.69, 9.17) is 10.2 Å². The van der Waals surface area contributed by atoms with E-state index >= 15 is 0 Å². The summed E-state index contributed by atoms with van der Waals surface area (Å²) in [6, 6.07) is 24.3. The topological polar surface area (TPSA) is 107 Å². The van der Waals surface area contributed by atoms with Gasteiger partial charge < -0.3 is 20.6 Å². The predicted molar refractivity (Wildman–Crippen MR) is 114 cm³/mol. The maximum atomic E-state index is 12.1. The number of carbonyl (C=O) groups is 2. The minimum Gasteiger partial charge on any atom is -0.508 e. The van der Waals surface area contributed by atoms with Crippen LogP contribution in [0.5, 0.6) is 5.75 Å². The predicted octanol–water partition coefficient (Wildman–Crippen LogP) is 3.56. The molecular weight excluding hydrogens is 382 g/mol. The Balaban J connectivity index is 0.000000248. The van der Waals surface area contributed by atoms with E-state index in [0.717, 1.165) is 5.56 Å². The van der Waals surface area contributed by atoms with Crippen LogP contribution >= 0.6 is 0 Å². The standard InChI is InChI=1S/C16H17NO2.C8H8O3/c1-12(17-11-13-5-3-2-4-6-13)16(19)14-7-9-15(18)10-8-14;9-7(8(10)11)6-4-2-1-3-5-6/h2-10,12,17-18H,11H2,1H3;1-5,7,9H,(H,10,11)/t12-;7-/m00/s1. The van der Waals surface area contributed by atoms with Crippen molar-refractivity contribution in [1.82, 2.24) is 5.32 Å². The normalized spacial score (nSPS) is 12.2. The fraction of sp³-hybridized carbons (Fsp3) is 0.167. The van der Waals surface area contributed by atoms with Gasteiger partial charge in [-0.15, -0.1) is 0 Å². The van der Waals surface area contributed by atoms with Gasteiger partial charge in [-0.05, 0) is 42.3 Å². The van der Waals surface area contributed by atoms with Crippen LogP contribution in [-0.4, -0.2) is 33.1 Å². The molecule has 0 radical (unpaired) electrons. The van der Waals surface area contributed by atoms with Gasteiger partial charge in [0.2, 0.25) is 0 Å². The highest BCUT2D eigenvalue weighted by atomic mass is 16.4. The molecule has 0 saturated carbocycles. The number of Topliss-reactive ketones (excluding diaryl/α,β-unsaturated/α-hetero) is 1. The Morgan fingerprint density at radius 1 is 0.867 bits per heavy atom. The molecule has 0 spiro atoms. The molecule has 2 atom stereocenters. The van der Waals surface area contributed by atoms with Gasteiger partial charge in [-0.1, -0.05) is 60.7 Å². The van der Waals surface area contributed by atoms with E-state index in [2.05, 4.69) is 5.32 Å². The minimum atomic E-state index is -1.41. The summed E-state index contributed by atoms with van der Waals surface area (Å²) in [5, 5.41) is 29.8. The molecule has 0 unspecified atom stereocenters. The highest BCUT2D eigenvalue weighted by Gasteiger charge is 2.15. The van der Waals surface area contributed by atoms with Crippen molar-refractivity contribution in [1.29, 1.82) is 0 Å². The molecule has 4 N–H and O–H groups in total. The third-order valence-electron chi connectivity index (χ3n) is 4.35. The van der Waals surface area contributed by atoms with Gasteiger partial charge in [0.15, 0.2) is 11.9 Å². The van der Waals surface area contributed by atoms with Crippen molar-refractivity contribution in [2.24, 2.45) is 0 Å². The zero-order valence-electron chi connectivity index (χ0n) is 16.6. The zero-order valence-corrected chi connectivity index (χ0v) is 16.6. The van der Waals surface area contributed by atoms with Crippen molar-refractivity contribution in [2.45, 2.75) is 25.6 Å². The highest BCUT2D eigenvalue weighted by molar-refractivity contribution is 5.99. The average molecular weight is 407 g/mol. The smallest absolute Gasteiger partial charge is 0.337 e. The fourth-order valence-electron chi connectivity index (χ4n) is 2.61. The number of phenols is 1. The number of rotatable bonds is 7. The lowest BCUT2D eigenvalue weighted by molar-refractivity contribution is -0.146. The molecule has 3 rings (SSSR count). The molecule has 3 aromatic carbocycles. The molecule has 0 aromatic heterocycles. The largest absolute Gasteiger partial charge is 0.508 e. The second-order valence-electron chi connectivity index (χ2n) is 6.65. The Labute approximate surface area is 175 Å². The summed E-state index contributed by atoms with van der Waals surface area (Å²) in [5.41, 5.74) is 2.15. The molecule has 0 aliphatic rings. The second-order valence-corrected chi connectivity index (χ2v) is 6.65. The summed E-state index contributed by atoms with van der Waals surface area (Å²) in [6.07, 6.45) is -1.41. The number of ketones is 1. The number of aliphatic hydroxyl groups is 1. The number of aliphatic carboxylic acids is 1. The lowest BCUT2D eigenvalue weighted by Gasteiger charge is -2.13. The SMILES string of the molecule is C[C@H](NCc1ccccc1)C(=O)c1ccc(O)cc1.O=C(O)[C@@H](O)c1ccccc1. The monoisotopic (exact) mass is 407 g/mol. The van der Waals surface area contributed by atoms with Crippen LogP contribution in [0.1, 0.15) is 34.5 Å². The number of nitrogens with one attached hydrogen (secondary N) is 1. The van der Waals surface area contributed by atoms with Crippen LogP contribution in [-0.2, 0) is 11.3 Å². The molecule has 0 fully saturated rings. The molecule has 0 heterocycles. The lowest BCUT2D eigenvalue weighted by Crippen LogP contribution is -2.33. The summed E-state index contributed by atoms with van der Waals surface area (Å²) in [6.45, 7) is 2.50. The summed E-state index contributed by atoms with van der Waals surface area (Å²) in [4.78, 5) is 22.4. The van der Waals surface area contributed by atoms with Crippen molar-refractivity contribution in [3.63, 3.8) is 0 Å². The fourth-order valence-corrected chi connectivity index (χ4v) is 2.61. The number of phenolic OH excluding ortho intramolecular Hbond substituents is 1. The number of aliphatic hydroxyl groups excluding tert-OH is 1. The van der Waals surface area contributed by atoms with Crippen LogP contribution in [0.15, 0.2) is 84.9 Å². The Hall–Kier alpha value is -3.48. The minimum absolute atomic E-state index is 0.0240. The van der Waals surface area contributed by atoms with E-state index in [9.17, 15) is 14.7 Å². The summed E-state index contributed by atoms with van der Waals surface area (Å²) in [5.74, 6) is -1.03. The van der Waals surface area contributed by atoms with E-state index < -0.39 is 12.1 Å². The summed E-state index contributed by atoms with van der Waals surface area (Å²) in [7, 11) is 0. The maximum Gasteiger partial charge on any atom is 0.337 e. The Morgan fingerprint density at radius 2 is 1.40 bits per heavy atom. The average Bonchev–Trinajstić information content (AvgIpc) is 2.78. The molecule has 6 heteroatoms. The van der Waals surface area contributed by atoms with Crippen LogP contribution in [0.4, 0.5) is 0 Å². The molecule has 0 saturated heterocycles. The maximum absolute atomic E-state index is 12.1. The van der Waals surface area contributed by atoms with Crippen LogP contribution < -0.4 is 5.32 Å². The molecule has 0 aliphatic heterocycles. The Kier molecular flexibility index (Phi) is 8.75. The number of carboxylic acid groups (broad SMARTS) is 1. The molecule has 3 aromatic rings. The zero-order chi connectivity index (χ0) is 21.9. The van der Waals surface area contributed by atoms with Gasteiger partial charge in [-0.2, -0.15) is 0 Å².